The van der Waals surface area contributed by atoms with E-state index in [-0.39, 0.29) is 0 Å². The van der Waals surface area contributed by atoms with Crippen molar-refractivity contribution in [1.82, 2.24) is 24.8 Å². The Hall–Kier alpha value is -1.47. The summed E-state index contributed by atoms with van der Waals surface area (Å²) in [7, 11) is 0. The lowest BCUT2D eigenvalue weighted by molar-refractivity contribution is -0.133. The molecule has 0 aliphatic carbocycles. The van der Waals surface area contributed by atoms with Crippen molar-refractivity contribution in [2.45, 2.75) is 45.6 Å². The van der Waals surface area contributed by atoms with Gasteiger partial charge in [0.2, 0.25) is 11.8 Å². The second-order valence-corrected chi connectivity index (χ2v) is 7.19. The summed E-state index contributed by atoms with van der Waals surface area (Å²) >= 11 is 0. The Bertz CT molecular complexity index is 531. The number of piperazine rings is 1. The molecular formula is C17H29N5O2. The van der Waals surface area contributed by atoms with E-state index in [0.717, 1.165) is 57.9 Å². The second-order valence-electron chi connectivity index (χ2n) is 7.19. The molecule has 0 atom stereocenters. The van der Waals surface area contributed by atoms with E-state index in [1.807, 2.05) is 4.90 Å². The van der Waals surface area contributed by atoms with Crippen molar-refractivity contribution < 1.29 is 9.32 Å². The molecule has 1 aromatic heterocycles. The molecular weight excluding hydrogens is 306 g/mol. The van der Waals surface area contributed by atoms with Gasteiger partial charge < -0.3 is 9.42 Å². The van der Waals surface area contributed by atoms with Gasteiger partial charge in [-0.25, -0.2) is 0 Å². The molecule has 0 N–H and O–H groups in total. The van der Waals surface area contributed by atoms with Crippen LogP contribution in [0.5, 0.6) is 0 Å². The van der Waals surface area contributed by atoms with Crippen LogP contribution in [0.25, 0.3) is 0 Å². The average Bonchev–Trinajstić information content (AvgIpc) is 3.06. The molecule has 2 saturated heterocycles. The standard InChI is InChI=1S/C17H29N5O2/c1-14(2)17-18-15(24-19-17)12-20-8-10-21(11-9-20)13-16(23)22-6-4-3-5-7-22/h14H,3-13H2,1-2H3. The Labute approximate surface area is 144 Å². The first-order chi connectivity index (χ1) is 11.6. The van der Waals surface area contributed by atoms with Crippen LogP contribution >= 0.6 is 0 Å². The zero-order valence-corrected chi connectivity index (χ0v) is 14.9. The van der Waals surface area contributed by atoms with Gasteiger partial charge in [-0.2, -0.15) is 4.98 Å². The fourth-order valence-electron chi connectivity index (χ4n) is 3.30. The first-order valence-corrected chi connectivity index (χ1v) is 9.17. The van der Waals surface area contributed by atoms with Crippen LogP contribution < -0.4 is 0 Å². The van der Waals surface area contributed by atoms with Crippen molar-refractivity contribution in [3.63, 3.8) is 0 Å². The Morgan fingerprint density at radius 3 is 2.33 bits per heavy atom. The number of piperidine rings is 1. The molecule has 0 aromatic carbocycles. The molecule has 2 aliphatic rings. The first-order valence-electron chi connectivity index (χ1n) is 9.17. The Balaban J connectivity index is 1.41. The second kappa shape index (κ2) is 8.07. The Morgan fingerprint density at radius 1 is 1.04 bits per heavy atom. The number of carbonyl (C=O) groups excluding carboxylic acids is 1. The summed E-state index contributed by atoms with van der Waals surface area (Å²) in [5, 5.41) is 4.01. The molecule has 2 aliphatic heterocycles. The molecule has 1 aromatic rings. The zero-order valence-electron chi connectivity index (χ0n) is 14.9. The van der Waals surface area contributed by atoms with Crippen LogP contribution in [-0.2, 0) is 11.3 Å². The topological polar surface area (TPSA) is 65.7 Å². The van der Waals surface area contributed by atoms with E-state index in [1.165, 1.54) is 6.42 Å². The van der Waals surface area contributed by atoms with Crippen LogP contribution in [0.15, 0.2) is 4.52 Å². The van der Waals surface area contributed by atoms with Gasteiger partial charge in [0.15, 0.2) is 5.82 Å². The highest BCUT2D eigenvalue weighted by molar-refractivity contribution is 5.78. The third kappa shape index (κ3) is 4.54. The number of hydrogen-bond acceptors (Lipinski definition) is 6. The van der Waals surface area contributed by atoms with Gasteiger partial charge in [-0.3, -0.25) is 14.6 Å². The van der Waals surface area contributed by atoms with Gasteiger partial charge in [0, 0.05) is 45.2 Å². The highest BCUT2D eigenvalue weighted by atomic mass is 16.5. The maximum Gasteiger partial charge on any atom is 0.240 e. The van der Waals surface area contributed by atoms with Crippen molar-refractivity contribution in [3.05, 3.63) is 11.7 Å². The summed E-state index contributed by atoms with van der Waals surface area (Å²) in [5.41, 5.74) is 0. The smallest absolute Gasteiger partial charge is 0.240 e. The third-order valence-corrected chi connectivity index (χ3v) is 4.89. The number of amides is 1. The van der Waals surface area contributed by atoms with E-state index in [4.69, 9.17) is 4.52 Å². The fraction of sp³-hybridized carbons (Fsp3) is 0.824. The van der Waals surface area contributed by atoms with Crippen LogP contribution in [0.3, 0.4) is 0 Å². The minimum absolute atomic E-state index is 0.292. The number of rotatable bonds is 5. The summed E-state index contributed by atoms with van der Waals surface area (Å²) in [4.78, 5) is 23.4. The SMILES string of the molecule is CC(C)c1noc(CN2CCN(CC(=O)N3CCCCC3)CC2)n1. The predicted octanol–water partition coefficient (Wildman–Crippen LogP) is 1.32. The predicted molar refractivity (Wildman–Crippen MR) is 90.5 cm³/mol. The lowest BCUT2D eigenvalue weighted by Gasteiger charge is -2.35. The number of hydrogen-bond donors (Lipinski definition) is 0. The van der Waals surface area contributed by atoms with E-state index in [1.54, 1.807) is 0 Å². The molecule has 1 amide bonds. The van der Waals surface area contributed by atoms with Crippen molar-refractivity contribution >= 4 is 5.91 Å². The third-order valence-electron chi connectivity index (χ3n) is 4.89. The van der Waals surface area contributed by atoms with Crippen molar-refractivity contribution in [2.24, 2.45) is 0 Å². The molecule has 134 valence electrons. The van der Waals surface area contributed by atoms with E-state index >= 15 is 0 Å². The van der Waals surface area contributed by atoms with Crippen molar-refractivity contribution in [2.75, 3.05) is 45.8 Å². The number of carbonyl (C=O) groups is 1. The molecule has 0 unspecified atom stereocenters. The van der Waals surface area contributed by atoms with Gasteiger partial charge in [0.05, 0.1) is 13.1 Å². The maximum atomic E-state index is 12.3. The molecule has 7 nitrogen and oxygen atoms in total. The quantitative estimate of drug-likeness (QED) is 0.809. The van der Waals surface area contributed by atoms with E-state index in [9.17, 15) is 4.79 Å². The highest BCUT2D eigenvalue weighted by Gasteiger charge is 2.23. The lowest BCUT2D eigenvalue weighted by atomic mass is 10.1. The molecule has 3 heterocycles. The summed E-state index contributed by atoms with van der Waals surface area (Å²) in [6, 6.07) is 0. The average molecular weight is 335 g/mol. The molecule has 7 heteroatoms. The highest BCUT2D eigenvalue weighted by Crippen LogP contribution is 2.13. The molecule has 3 rings (SSSR count). The number of aromatic nitrogens is 2. The van der Waals surface area contributed by atoms with Crippen LogP contribution in [0.4, 0.5) is 0 Å². The van der Waals surface area contributed by atoms with Gasteiger partial charge in [-0.15, -0.1) is 0 Å². The van der Waals surface area contributed by atoms with E-state index in [0.29, 0.717) is 30.8 Å². The number of nitrogens with zero attached hydrogens (tertiary/aromatic N) is 5. The summed E-state index contributed by atoms with van der Waals surface area (Å²) in [6.45, 7) is 11.0. The van der Waals surface area contributed by atoms with Crippen LogP contribution in [0.1, 0.15) is 50.7 Å². The zero-order chi connectivity index (χ0) is 16.9. The summed E-state index contributed by atoms with van der Waals surface area (Å²) in [5.74, 6) is 2.05. The van der Waals surface area contributed by atoms with E-state index < -0.39 is 0 Å². The molecule has 24 heavy (non-hydrogen) atoms. The minimum Gasteiger partial charge on any atom is -0.342 e. The molecule has 0 bridgehead atoms. The monoisotopic (exact) mass is 335 g/mol. The maximum absolute atomic E-state index is 12.3. The van der Waals surface area contributed by atoms with Crippen LogP contribution in [0, 0.1) is 0 Å². The fourth-order valence-corrected chi connectivity index (χ4v) is 3.30. The Morgan fingerprint density at radius 2 is 1.71 bits per heavy atom. The van der Waals surface area contributed by atoms with E-state index in [2.05, 4.69) is 33.8 Å². The van der Waals surface area contributed by atoms with Gasteiger partial charge in [0.1, 0.15) is 0 Å². The van der Waals surface area contributed by atoms with Gasteiger partial charge in [-0.05, 0) is 19.3 Å². The normalized spacial score (nSPS) is 20.7. The van der Waals surface area contributed by atoms with Crippen molar-refractivity contribution in [1.29, 1.82) is 0 Å². The number of likely N-dealkylation sites (tertiary alicyclic amines) is 1. The molecule has 0 spiro atoms. The lowest BCUT2D eigenvalue weighted by Crippen LogP contribution is -2.50. The first kappa shape index (κ1) is 17.4. The molecule has 2 fully saturated rings. The van der Waals surface area contributed by atoms with Gasteiger partial charge >= 0.3 is 0 Å². The van der Waals surface area contributed by atoms with Crippen molar-refractivity contribution in [3.8, 4) is 0 Å². The molecule has 0 saturated carbocycles. The van der Waals surface area contributed by atoms with Gasteiger partial charge in [-0.1, -0.05) is 19.0 Å². The minimum atomic E-state index is 0.292. The molecule has 0 radical (unpaired) electrons. The van der Waals surface area contributed by atoms with Crippen LogP contribution in [-0.4, -0.2) is 76.6 Å². The van der Waals surface area contributed by atoms with Crippen LogP contribution in [0.2, 0.25) is 0 Å². The Kier molecular flexibility index (Phi) is 5.84. The van der Waals surface area contributed by atoms with Gasteiger partial charge in [0.25, 0.3) is 0 Å². The summed E-state index contributed by atoms with van der Waals surface area (Å²) in [6.07, 6.45) is 3.57. The largest absolute Gasteiger partial charge is 0.342 e. The summed E-state index contributed by atoms with van der Waals surface area (Å²) < 4.78 is 5.32.